The molecule has 1 unspecified atom stereocenters. The summed E-state index contributed by atoms with van der Waals surface area (Å²) in [5.74, 6) is 0.723. The van der Waals surface area contributed by atoms with E-state index in [9.17, 15) is 8.42 Å². The van der Waals surface area contributed by atoms with E-state index >= 15 is 0 Å². The molecule has 0 amide bonds. The highest BCUT2D eigenvalue weighted by Crippen LogP contribution is 2.41. The van der Waals surface area contributed by atoms with Crippen molar-refractivity contribution in [1.82, 2.24) is 20.2 Å². The van der Waals surface area contributed by atoms with Crippen molar-refractivity contribution in [2.24, 2.45) is 0 Å². The Morgan fingerprint density at radius 3 is 2.81 bits per heavy atom. The fourth-order valence-corrected chi connectivity index (χ4v) is 4.55. The Labute approximate surface area is 187 Å². The molecule has 10 heteroatoms. The molecule has 0 aliphatic heterocycles. The van der Waals surface area contributed by atoms with E-state index in [0.29, 0.717) is 12.5 Å². The summed E-state index contributed by atoms with van der Waals surface area (Å²) >= 11 is 0. The summed E-state index contributed by atoms with van der Waals surface area (Å²) in [6.07, 6.45) is 5.67. The maximum atomic E-state index is 11.8. The molecule has 9 nitrogen and oxygen atoms in total. The molecule has 2 heterocycles. The minimum atomic E-state index is -3.48. The predicted octanol–water partition coefficient (Wildman–Crippen LogP) is 3.22. The van der Waals surface area contributed by atoms with Gasteiger partial charge in [-0.3, -0.25) is 0 Å². The average Bonchev–Trinajstić information content (AvgIpc) is 3.37. The third-order valence-corrected chi connectivity index (χ3v) is 6.28. The highest BCUT2D eigenvalue weighted by molar-refractivity contribution is 7.90. The number of hydrogen-bond acceptors (Lipinski definition) is 8. The van der Waals surface area contributed by atoms with Gasteiger partial charge in [0.1, 0.15) is 6.10 Å². The van der Waals surface area contributed by atoms with E-state index in [1.807, 2.05) is 19.1 Å². The Morgan fingerprint density at radius 1 is 1.28 bits per heavy atom. The second-order valence-corrected chi connectivity index (χ2v) is 9.99. The lowest BCUT2D eigenvalue weighted by Gasteiger charge is -2.19. The van der Waals surface area contributed by atoms with Crippen LogP contribution in [0, 0.1) is 6.92 Å². The van der Waals surface area contributed by atoms with Crippen molar-refractivity contribution in [3.63, 3.8) is 0 Å². The van der Waals surface area contributed by atoms with Gasteiger partial charge in [0.25, 0.3) is 0 Å². The molecule has 1 atom stereocenters. The van der Waals surface area contributed by atoms with Crippen molar-refractivity contribution in [1.29, 1.82) is 0 Å². The van der Waals surface area contributed by atoms with E-state index in [4.69, 9.17) is 9.47 Å². The monoisotopic (exact) mass is 457 g/mol. The highest BCUT2D eigenvalue weighted by Gasteiger charge is 2.23. The number of fused-ring (bicyclic) bond motifs is 1. The number of pyridine rings is 1. The Balaban J connectivity index is 1.77. The first kappa shape index (κ1) is 22.2. The molecule has 32 heavy (non-hydrogen) atoms. The average molecular weight is 458 g/mol. The predicted molar refractivity (Wildman–Crippen MR) is 121 cm³/mol. The SMILES string of the molecule is COCC(C)Oc1cc(-c2c(C)cc3c(c2Nc2n[nH]c(S(C)(=O)=O)n2)CCC3)ccn1. The molecule has 0 radical (unpaired) electrons. The Hall–Kier alpha value is -2.98. The molecule has 2 N–H and O–H groups in total. The van der Waals surface area contributed by atoms with Crippen molar-refractivity contribution >= 4 is 21.5 Å². The van der Waals surface area contributed by atoms with Crippen LogP contribution in [0.15, 0.2) is 29.6 Å². The Bertz CT molecular complexity index is 1240. The standard InChI is InChI=1S/C22H27N5O4S/c1-13-10-15-6-5-7-17(15)20(24-21-25-22(27-26-21)32(4,28)29)19(13)16-8-9-23-18(11-16)31-14(2)12-30-3/h8-11,14H,5-7,12H2,1-4H3,(H2,24,25,26,27). The first-order valence-electron chi connectivity index (χ1n) is 10.4. The van der Waals surface area contributed by atoms with Crippen molar-refractivity contribution in [3.05, 3.63) is 41.1 Å². The van der Waals surface area contributed by atoms with Crippen molar-refractivity contribution in [2.45, 2.75) is 44.4 Å². The molecule has 1 aliphatic carbocycles. The number of anilines is 2. The number of nitrogens with zero attached hydrogens (tertiary/aromatic N) is 3. The molecular formula is C22H27N5O4S. The Kier molecular flexibility index (Phi) is 6.16. The molecule has 4 rings (SSSR count). The van der Waals surface area contributed by atoms with Gasteiger partial charge in [0.15, 0.2) is 0 Å². The first-order chi connectivity index (χ1) is 15.3. The molecule has 1 aliphatic rings. The van der Waals surface area contributed by atoms with Gasteiger partial charge >= 0.3 is 0 Å². The number of sulfone groups is 1. The van der Waals surface area contributed by atoms with Crippen LogP contribution in [-0.2, 0) is 27.4 Å². The van der Waals surface area contributed by atoms with E-state index in [2.05, 4.69) is 38.5 Å². The Morgan fingerprint density at radius 2 is 2.09 bits per heavy atom. The van der Waals surface area contributed by atoms with Crippen LogP contribution in [0.1, 0.15) is 30.0 Å². The zero-order valence-corrected chi connectivity index (χ0v) is 19.4. The van der Waals surface area contributed by atoms with Crippen molar-refractivity contribution in [2.75, 3.05) is 25.3 Å². The third kappa shape index (κ3) is 4.61. The summed E-state index contributed by atoms with van der Waals surface area (Å²) < 4.78 is 34.7. The van der Waals surface area contributed by atoms with Gasteiger partial charge < -0.3 is 14.8 Å². The topological polar surface area (TPSA) is 119 Å². The van der Waals surface area contributed by atoms with Crippen molar-refractivity contribution in [3.8, 4) is 17.0 Å². The lowest BCUT2D eigenvalue weighted by atomic mass is 9.93. The molecule has 2 aromatic heterocycles. The summed E-state index contributed by atoms with van der Waals surface area (Å²) in [6.45, 7) is 4.45. The number of ether oxygens (including phenoxy) is 2. The van der Waals surface area contributed by atoms with E-state index in [0.717, 1.165) is 47.9 Å². The van der Waals surface area contributed by atoms with Gasteiger partial charge in [-0.2, -0.15) is 4.98 Å². The first-order valence-corrected chi connectivity index (χ1v) is 12.3. The summed E-state index contributed by atoms with van der Waals surface area (Å²) in [6, 6.07) is 6.06. The van der Waals surface area contributed by atoms with Gasteiger partial charge in [-0.15, -0.1) is 5.10 Å². The number of aromatic amines is 1. The van der Waals surface area contributed by atoms with Crippen LogP contribution < -0.4 is 10.1 Å². The number of benzene rings is 1. The lowest BCUT2D eigenvalue weighted by Crippen LogP contribution is -2.18. The minimum absolute atomic E-state index is 0.135. The summed E-state index contributed by atoms with van der Waals surface area (Å²) in [7, 11) is -1.85. The smallest absolute Gasteiger partial charge is 0.247 e. The lowest BCUT2D eigenvalue weighted by molar-refractivity contribution is 0.0890. The normalized spacial score (nSPS) is 14.2. The zero-order chi connectivity index (χ0) is 22.9. The van der Waals surface area contributed by atoms with E-state index < -0.39 is 9.84 Å². The maximum Gasteiger partial charge on any atom is 0.247 e. The van der Waals surface area contributed by atoms with Crippen LogP contribution >= 0.6 is 0 Å². The van der Waals surface area contributed by atoms with Crippen LogP contribution in [0.5, 0.6) is 5.88 Å². The van der Waals surface area contributed by atoms with Gasteiger partial charge in [-0.05, 0) is 61.4 Å². The van der Waals surface area contributed by atoms with E-state index in [1.165, 1.54) is 11.1 Å². The van der Waals surface area contributed by atoms with Gasteiger partial charge in [0.2, 0.25) is 26.8 Å². The number of methoxy groups -OCH3 is 1. The molecule has 1 aromatic carbocycles. The fraction of sp³-hybridized carbons (Fsp3) is 0.409. The number of aromatic nitrogens is 4. The van der Waals surface area contributed by atoms with Gasteiger partial charge in [-0.25, -0.2) is 18.5 Å². The number of rotatable bonds is 8. The minimum Gasteiger partial charge on any atom is -0.472 e. The van der Waals surface area contributed by atoms with Crippen LogP contribution in [-0.4, -0.2) is 54.7 Å². The fourth-order valence-electron chi connectivity index (χ4n) is 4.09. The largest absolute Gasteiger partial charge is 0.472 e. The zero-order valence-electron chi connectivity index (χ0n) is 18.6. The van der Waals surface area contributed by atoms with Crippen LogP contribution in [0.4, 0.5) is 11.6 Å². The molecule has 0 saturated carbocycles. The number of aryl methyl sites for hydroxylation is 2. The van der Waals surface area contributed by atoms with Crippen molar-refractivity contribution < 1.29 is 17.9 Å². The van der Waals surface area contributed by atoms with E-state index in [-0.39, 0.29) is 17.2 Å². The molecular weight excluding hydrogens is 430 g/mol. The summed E-state index contributed by atoms with van der Waals surface area (Å²) in [5, 5.41) is 9.68. The van der Waals surface area contributed by atoms with Gasteiger partial charge in [0.05, 0.1) is 12.3 Å². The molecule has 3 aromatic rings. The van der Waals surface area contributed by atoms with Crippen LogP contribution in [0.3, 0.4) is 0 Å². The van der Waals surface area contributed by atoms with Crippen LogP contribution in [0.2, 0.25) is 0 Å². The second-order valence-electron chi connectivity index (χ2n) is 8.06. The molecule has 0 fully saturated rings. The summed E-state index contributed by atoms with van der Waals surface area (Å²) in [4.78, 5) is 8.47. The molecule has 170 valence electrons. The number of hydrogen-bond donors (Lipinski definition) is 2. The number of H-pyrrole nitrogens is 1. The van der Waals surface area contributed by atoms with Gasteiger partial charge in [0, 0.05) is 31.2 Å². The second kappa shape index (κ2) is 8.87. The highest BCUT2D eigenvalue weighted by atomic mass is 32.2. The maximum absolute atomic E-state index is 11.8. The molecule has 0 spiro atoms. The quantitative estimate of drug-likeness (QED) is 0.529. The molecule has 0 saturated heterocycles. The summed E-state index contributed by atoms with van der Waals surface area (Å²) in [5.41, 5.74) is 6.39. The van der Waals surface area contributed by atoms with Gasteiger partial charge in [-0.1, -0.05) is 6.07 Å². The third-order valence-electron chi connectivity index (χ3n) is 5.40. The van der Waals surface area contributed by atoms with E-state index in [1.54, 1.807) is 13.3 Å². The number of nitrogens with one attached hydrogen (secondary N) is 2. The molecule has 0 bridgehead atoms. The van der Waals surface area contributed by atoms with Crippen LogP contribution in [0.25, 0.3) is 11.1 Å².